The van der Waals surface area contributed by atoms with Gasteiger partial charge in [0, 0.05) is 0 Å². The summed E-state index contributed by atoms with van der Waals surface area (Å²) in [6.45, 7) is -1.26. The van der Waals surface area contributed by atoms with E-state index in [0.717, 1.165) is 10.8 Å². The third-order valence-corrected chi connectivity index (χ3v) is 6.23. The van der Waals surface area contributed by atoms with Gasteiger partial charge in [-0.05, 0) is 35.0 Å². The summed E-state index contributed by atoms with van der Waals surface area (Å²) in [5.41, 5.74) is 1.09. The van der Waals surface area contributed by atoms with Gasteiger partial charge in [0.15, 0.2) is 11.6 Å². The molecule has 166 valence electrons. The predicted octanol–water partition coefficient (Wildman–Crippen LogP) is 3.03. The highest BCUT2D eigenvalue weighted by Gasteiger charge is 2.18. The van der Waals surface area contributed by atoms with E-state index < -0.39 is 34.9 Å². The summed E-state index contributed by atoms with van der Waals surface area (Å²) in [6.07, 6.45) is 0. The quantitative estimate of drug-likeness (QED) is 0.217. The average molecular weight is 462 g/mol. The molecule has 10 heteroatoms. The van der Waals surface area contributed by atoms with Crippen LogP contribution in [-0.2, 0) is 19.6 Å². The van der Waals surface area contributed by atoms with Crippen LogP contribution >= 0.6 is 0 Å². The van der Waals surface area contributed by atoms with Crippen LogP contribution in [0.2, 0.25) is 0 Å². The van der Waals surface area contributed by atoms with Crippen LogP contribution in [0.25, 0.3) is 27.4 Å². The zero-order valence-corrected chi connectivity index (χ0v) is 18.0. The smallest absolute Gasteiger partial charge is 0.321 e. The summed E-state index contributed by atoms with van der Waals surface area (Å²) >= 11 is 0. The van der Waals surface area contributed by atoms with Crippen molar-refractivity contribution >= 4 is 43.4 Å². The van der Waals surface area contributed by atoms with Crippen LogP contribution in [0.3, 0.4) is 0 Å². The Morgan fingerprint density at radius 3 is 2.58 bits per heavy atom. The van der Waals surface area contributed by atoms with Gasteiger partial charge in [-0.25, -0.2) is 13.4 Å². The second-order valence-corrected chi connectivity index (χ2v) is 8.80. The highest BCUT2D eigenvalue weighted by molar-refractivity contribution is 7.89. The Balaban J connectivity index is 1.40. The number of sulfonamides is 1. The van der Waals surface area contributed by atoms with Crippen molar-refractivity contribution in [1.82, 2.24) is 14.7 Å². The van der Waals surface area contributed by atoms with Gasteiger partial charge in [0.25, 0.3) is 0 Å². The van der Waals surface area contributed by atoms with Crippen LogP contribution in [0, 0.1) is 11.3 Å². The fraction of sp³-hybridized carbons (Fsp3) is 0.0870. The van der Waals surface area contributed by atoms with Crippen LogP contribution in [0.1, 0.15) is 5.82 Å². The Morgan fingerprint density at radius 1 is 1.09 bits per heavy atom. The number of hydrogen-bond donors (Lipinski definition) is 3. The molecular formula is C23H18N4O5S. The molecular weight excluding hydrogens is 444 g/mol. The van der Waals surface area contributed by atoms with Gasteiger partial charge in [-0.3, -0.25) is 4.79 Å². The van der Waals surface area contributed by atoms with Crippen molar-refractivity contribution in [2.45, 2.75) is 4.90 Å². The first-order valence-electron chi connectivity index (χ1n) is 9.79. The lowest BCUT2D eigenvalue weighted by Crippen LogP contribution is -2.31. The number of allylic oxidation sites excluding steroid dienone is 1. The van der Waals surface area contributed by atoms with Crippen molar-refractivity contribution in [3.63, 3.8) is 0 Å². The Kier molecular flexibility index (Phi) is 6.08. The summed E-state index contributed by atoms with van der Waals surface area (Å²) in [5, 5.41) is 21.2. The van der Waals surface area contributed by atoms with Crippen molar-refractivity contribution in [3.8, 4) is 6.07 Å². The number of carbonyl (C=O) groups is 1. The zero-order chi connectivity index (χ0) is 23.4. The molecule has 0 spiro atoms. The van der Waals surface area contributed by atoms with E-state index in [1.807, 2.05) is 18.2 Å². The molecule has 0 atom stereocenters. The second kappa shape index (κ2) is 9.12. The van der Waals surface area contributed by atoms with Gasteiger partial charge < -0.3 is 14.8 Å². The van der Waals surface area contributed by atoms with Gasteiger partial charge in [-0.1, -0.05) is 42.5 Å². The summed E-state index contributed by atoms with van der Waals surface area (Å²) in [4.78, 5) is 19.2. The van der Waals surface area contributed by atoms with Crippen LogP contribution in [0.5, 0.6) is 0 Å². The average Bonchev–Trinajstić information content (AvgIpc) is 3.25. The van der Waals surface area contributed by atoms with Crippen LogP contribution in [0.4, 0.5) is 0 Å². The number of imidazole rings is 1. The summed E-state index contributed by atoms with van der Waals surface area (Å²) in [6, 6.07) is 20.8. The maximum absolute atomic E-state index is 12.5. The van der Waals surface area contributed by atoms with Crippen molar-refractivity contribution in [2.24, 2.45) is 0 Å². The number of H-pyrrole nitrogens is 1. The molecule has 0 aliphatic rings. The molecule has 0 radical (unpaired) electrons. The molecule has 1 aromatic heterocycles. The lowest BCUT2D eigenvalue weighted by molar-refractivity contribution is -0.141. The van der Waals surface area contributed by atoms with Gasteiger partial charge in [0.1, 0.15) is 24.8 Å². The van der Waals surface area contributed by atoms with E-state index in [2.05, 4.69) is 14.7 Å². The number of aliphatic hydroxyl groups excluding tert-OH is 1. The van der Waals surface area contributed by atoms with Gasteiger partial charge in [-0.2, -0.15) is 9.98 Å². The number of esters is 1. The number of nitriles is 1. The normalized spacial score (nSPS) is 12.3. The number of aromatic nitrogens is 2. The Hall–Kier alpha value is -4.20. The van der Waals surface area contributed by atoms with E-state index in [0.29, 0.717) is 11.0 Å². The molecule has 3 aromatic carbocycles. The number of fused-ring (bicyclic) bond motifs is 2. The van der Waals surface area contributed by atoms with Crippen LogP contribution in [0.15, 0.2) is 77.4 Å². The minimum Gasteiger partial charge on any atom is -0.507 e. The lowest BCUT2D eigenvalue weighted by atomic mass is 10.1. The summed E-state index contributed by atoms with van der Waals surface area (Å²) < 4.78 is 32.1. The first-order valence-corrected chi connectivity index (χ1v) is 11.3. The number of ether oxygens (including phenoxy) is 1. The van der Waals surface area contributed by atoms with Gasteiger partial charge in [0.05, 0.1) is 15.9 Å². The van der Waals surface area contributed by atoms with Crippen molar-refractivity contribution in [3.05, 3.63) is 78.3 Å². The van der Waals surface area contributed by atoms with E-state index >= 15 is 0 Å². The van der Waals surface area contributed by atoms with Crippen LogP contribution < -0.4 is 4.72 Å². The molecule has 0 saturated carbocycles. The molecule has 33 heavy (non-hydrogen) atoms. The number of benzene rings is 3. The molecule has 0 aliphatic carbocycles. The molecule has 0 amide bonds. The monoisotopic (exact) mass is 462 g/mol. The fourth-order valence-electron chi connectivity index (χ4n) is 3.17. The number of rotatable bonds is 7. The van der Waals surface area contributed by atoms with Crippen molar-refractivity contribution < 1.29 is 23.1 Å². The lowest BCUT2D eigenvalue weighted by Gasteiger charge is -2.08. The number of para-hydroxylation sites is 2. The first-order chi connectivity index (χ1) is 15.9. The van der Waals surface area contributed by atoms with Gasteiger partial charge in [-0.15, -0.1) is 0 Å². The third kappa shape index (κ3) is 4.85. The molecule has 0 unspecified atom stereocenters. The number of nitrogens with one attached hydrogen (secondary N) is 2. The third-order valence-electron chi connectivity index (χ3n) is 4.83. The molecule has 4 aromatic rings. The van der Waals surface area contributed by atoms with Crippen molar-refractivity contribution in [1.29, 1.82) is 5.26 Å². The topological polar surface area (TPSA) is 145 Å². The second-order valence-electron chi connectivity index (χ2n) is 7.03. The zero-order valence-electron chi connectivity index (χ0n) is 17.1. The van der Waals surface area contributed by atoms with Gasteiger partial charge >= 0.3 is 5.97 Å². The van der Waals surface area contributed by atoms with Gasteiger partial charge in [0.2, 0.25) is 10.0 Å². The molecule has 0 bridgehead atoms. The maximum atomic E-state index is 12.5. The number of nitrogens with zero attached hydrogens (tertiary/aromatic N) is 2. The standard InChI is InChI=1S/C23H18N4O5S/c24-12-18(23-26-19-7-3-4-8-20(19)27-23)21(28)14-32-22(29)13-25-33(30,31)17-10-9-15-5-1-2-6-16(15)11-17/h1-11,25,28H,13-14H2,(H,26,27)/b21-18+. The van der Waals surface area contributed by atoms with E-state index in [9.17, 15) is 23.6 Å². The van der Waals surface area contributed by atoms with E-state index in [1.165, 1.54) is 12.1 Å². The highest BCUT2D eigenvalue weighted by atomic mass is 32.2. The first kappa shape index (κ1) is 22.0. The van der Waals surface area contributed by atoms with E-state index in [1.54, 1.807) is 42.5 Å². The molecule has 0 aliphatic heterocycles. The molecule has 0 fully saturated rings. The number of aliphatic hydroxyl groups is 1. The Bertz CT molecular complexity index is 1500. The summed E-state index contributed by atoms with van der Waals surface area (Å²) in [7, 11) is -3.96. The Labute approximate surface area is 189 Å². The molecule has 3 N–H and O–H groups in total. The SMILES string of the molecule is N#C/C(=C(\O)COC(=O)CNS(=O)(=O)c1ccc2ccccc2c1)c1nc2ccccc2[nH]1. The molecule has 0 saturated heterocycles. The summed E-state index contributed by atoms with van der Waals surface area (Å²) in [5.74, 6) is -1.31. The van der Waals surface area contributed by atoms with E-state index in [-0.39, 0.29) is 16.3 Å². The minimum absolute atomic E-state index is 0.00777. The fourth-order valence-corrected chi connectivity index (χ4v) is 4.17. The van der Waals surface area contributed by atoms with Crippen LogP contribution in [-0.4, -0.2) is 42.6 Å². The Morgan fingerprint density at radius 2 is 1.82 bits per heavy atom. The molecule has 4 rings (SSSR count). The largest absolute Gasteiger partial charge is 0.507 e. The highest BCUT2D eigenvalue weighted by Crippen LogP contribution is 2.20. The van der Waals surface area contributed by atoms with Crippen molar-refractivity contribution in [2.75, 3.05) is 13.2 Å². The number of hydrogen-bond acceptors (Lipinski definition) is 7. The maximum Gasteiger partial charge on any atom is 0.321 e. The van der Waals surface area contributed by atoms with E-state index in [4.69, 9.17) is 4.74 Å². The minimum atomic E-state index is -3.96. The molecule has 9 nitrogen and oxygen atoms in total. The number of aromatic amines is 1. The predicted molar refractivity (Wildman–Crippen MR) is 121 cm³/mol. The molecule has 1 heterocycles. The number of carbonyl (C=O) groups excluding carboxylic acids is 1.